The average Bonchev–Trinajstić information content (AvgIpc) is 3.47. The minimum absolute atomic E-state index is 0.00860. The first-order chi connectivity index (χ1) is 21.5. The van der Waals surface area contributed by atoms with Crippen LogP contribution in [-0.4, -0.2) is 76.3 Å². The fourth-order valence-corrected chi connectivity index (χ4v) is 4.92. The van der Waals surface area contributed by atoms with Crippen molar-refractivity contribution in [2.24, 2.45) is 11.8 Å². The third kappa shape index (κ3) is 7.98. The second-order valence-electron chi connectivity index (χ2n) is 10.4. The number of amides is 1. The van der Waals surface area contributed by atoms with E-state index in [0.29, 0.717) is 5.69 Å². The van der Waals surface area contributed by atoms with E-state index in [2.05, 4.69) is 19.9 Å². The topological polar surface area (TPSA) is 182 Å². The van der Waals surface area contributed by atoms with Crippen LogP contribution in [0, 0.1) is 18.8 Å². The molecule has 1 amide bonds. The van der Waals surface area contributed by atoms with E-state index in [1.807, 2.05) is 6.07 Å². The van der Waals surface area contributed by atoms with E-state index in [-0.39, 0.29) is 22.8 Å². The second kappa shape index (κ2) is 14.7. The third-order valence-electron chi connectivity index (χ3n) is 6.80. The van der Waals surface area contributed by atoms with Gasteiger partial charge in [-0.15, -0.1) is 5.10 Å². The number of rotatable bonds is 9. The van der Waals surface area contributed by atoms with Crippen LogP contribution in [0.5, 0.6) is 11.5 Å². The van der Waals surface area contributed by atoms with Crippen LogP contribution in [0.3, 0.4) is 0 Å². The van der Waals surface area contributed by atoms with Gasteiger partial charge in [-0.05, 0) is 37.4 Å². The van der Waals surface area contributed by atoms with Crippen molar-refractivity contribution in [1.82, 2.24) is 19.9 Å². The first-order valence-electron chi connectivity index (χ1n) is 14.0. The summed E-state index contributed by atoms with van der Waals surface area (Å²) >= 11 is 0.807. The van der Waals surface area contributed by atoms with Gasteiger partial charge < -0.3 is 29.0 Å². The molecule has 14 nitrogen and oxygen atoms in total. The van der Waals surface area contributed by atoms with Gasteiger partial charge in [0.1, 0.15) is 18.6 Å². The summed E-state index contributed by atoms with van der Waals surface area (Å²) in [5.74, 6) is -5.96. The SMILES string of the molecule is COc1ccnc(C(=O)NC2COC(=O)[C@H](Cc3ccccc3)C(OC(=O)C(C)C)[C@H](C)OC2=O)c1OC(=O)c1snnc1C. The minimum Gasteiger partial charge on any atom is -0.493 e. The van der Waals surface area contributed by atoms with Crippen molar-refractivity contribution < 1.29 is 47.7 Å². The van der Waals surface area contributed by atoms with Gasteiger partial charge in [-0.1, -0.05) is 48.7 Å². The molecule has 2 aromatic heterocycles. The molecule has 0 aliphatic carbocycles. The fourth-order valence-electron chi connectivity index (χ4n) is 4.39. The summed E-state index contributed by atoms with van der Waals surface area (Å²) in [7, 11) is 1.30. The van der Waals surface area contributed by atoms with Gasteiger partial charge in [-0.3, -0.25) is 14.4 Å². The molecule has 0 bridgehead atoms. The molecule has 45 heavy (non-hydrogen) atoms. The van der Waals surface area contributed by atoms with Crippen molar-refractivity contribution in [2.45, 2.75) is 52.4 Å². The Bertz CT molecular complexity index is 1560. The number of hydrogen-bond acceptors (Lipinski definition) is 14. The molecule has 3 heterocycles. The van der Waals surface area contributed by atoms with Gasteiger partial charge in [-0.25, -0.2) is 14.6 Å². The minimum atomic E-state index is -1.50. The molecule has 1 N–H and O–H groups in total. The van der Waals surface area contributed by atoms with E-state index in [1.165, 1.54) is 26.3 Å². The average molecular weight is 641 g/mol. The van der Waals surface area contributed by atoms with Gasteiger partial charge in [0, 0.05) is 12.3 Å². The number of carbonyl (C=O) groups excluding carboxylic acids is 5. The van der Waals surface area contributed by atoms with E-state index < -0.39 is 72.2 Å². The summed E-state index contributed by atoms with van der Waals surface area (Å²) in [4.78, 5) is 69.8. The Hall–Kier alpha value is -4.92. The van der Waals surface area contributed by atoms with Gasteiger partial charge in [0.25, 0.3) is 5.91 Å². The van der Waals surface area contributed by atoms with E-state index in [9.17, 15) is 24.0 Å². The van der Waals surface area contributed by atoms with Crippen molar-refractivity contribution in [2.75, 3.05) is 13.7 Å². The van der Waals surface area contributed by atoms with Crippen LogP contribution < -0.4 is 14.8 Å². The number of aryl methyl sites for hydroxylation is 1. The van der Waals surface area contributed by atoms with Gasteiger partial charge in [-0.2, -0.15) is 0 Å². The van der Waals surface area contributed by atoms with E-state index in [0.717, 1.165) is 17.1 Å². The zero-order valence-electron chi connectivity index (χ0n) is 25.2. The number of esters is 4. The zero-order chi connectivity index (χ0) is 32.7. The molecule has 1 fully saturated rings. The van der Waals surface area contributed by atoms with Crippen LogP contribution in [0.25, 0.3) is 0 Å². The van der Waals surface area contributed by atoms with Gasteiger partial charge >= 0.3 is 23.9 Å². The number of methoxy groups -OCH3 is 1. The standard InChI is InChI=1S/C30H32N4O10S/c1-15(2)27(36)43-23-17(4)42-29(38)20(14-41-28(37)19(23)13-18-9-7-6-8-10-18)32-26(35)22-24(21(40-5)11-12-31-22)44-30(39)25-16(3)33-34-45-25/h6-12,15,17,19-20,23H,13-14H2,1-5H3,(H,32,35)/t17-,19+,20?,23?/m0/s1. The molecule has 0 spiro atoms. The van der Waals surface area contributed by atoms with Crippen LogP contribution in [0.15, 0.2) is 42.6 Å². The third-order valence-corrected chi connectivity index (χ3v) is 7.61. The number of carbonyl (C=O) groups is 5. The molecule has 2 unspecified atom stereocenters. The van der Waals surface area contributed by atoms with Crippen LogP contribution >= 0.6 is 11.5 Å². The summed E-state index contributed by atoms with van der Waals surface area (Å²) in [6.07, 6.45) is -0.898. The number of nitrogens with one attached hydrogen (secondary N) is 1. The van der Waals surface area contributed by atoms with E-state index in [1.54, 1.807) is 45.0 Å². The van der Waals surface area contributed by atoms with Crippen molar-refractivity contribution >= 4 is 41.3 Å². The predicted octanol–water partition coefficient (Wildman–Crippen LogP) is 2.48. The van der Waals surface area contributed by atoms with Crippen molar-refractivity contribution in [3.05, 3.63) is 64.4 Å². The Morgan fingerprint density at radius 3 is 2.49 bits per heavy atom. The van der Waals surface area contributed by atoms with Crippen LogP contribution in [0.1, 0.15) is 52.2 Å². The summed E-state index contributed by atoms with van der Waals surface area (Å²) in [6.45, 7) is 5.73. The van der Waals surface area contributed by atoms with Gasteiger partial charge in [0.15, 0.2) is 28.5 Å². The first-order valence-corrected chi connectivity index (χ1v) is 14.7. The smallest absolute Gasteiger partial charge is 0.357 e. The summed E-state index contributed by atoms with van der Waals surface area (Å²) in [5, 5.41) is 6.22. The van der Waals surface area contributed by atoms with Crippen molar-refractivity contribution in [3.8, 4) is 11.5 Å². The monoisotopic (exact) mass is 640 g/mol. The quantitative estimate of drug-likeness (QED) is 0.266. The molecule has 238 valence electrons. The maximum atomic E-state index is 13.5. The lowest BCUT2D eigenvalue weighted by Crippen LogP contribution is -2.47. The van der Waals surface area contributed by atoms with Gasteiger partial charge in [0.05, 0.1) is 18.7 Å². The molecule has 0 saturated carbocycles. The molecule has 1 aromatic carbocycles. The lowest BCUT2D eigenvalue weighted by atomic mass is 9.91. The number of aromatic nitrogens is 3. The lowest BCUT2D eigenvalue weighted by molar-refractivity contribution is -0.176. The van der Waals surface area contributed by atoms with Crippen LogP contribution in [0.4, 0.5) is 0 Å². The number of pyridine rings is 1. The van der Waals surface area contributed by atoms with E-state index in [4.69, 9.17) is 23.7 Å². The van der Waals surface area contributed by atoms with Crippen LogP contribution in [0.2, 0.25) is 0 Å². The number of benzene rings is 1. The Morgan fingerprint density at radius 1 is 1.11 bits per heavy atom. The van der Waals surface area contributed by atoms with Crippen molar-refractivity contribution in [1.29, 1.82) is 0 Å². The Kier molecular flexibility index (Phi) is 10.8. The maximum Gasteiger partial charge on any atom is 0.357 e. The fraction of sp³-hybridized carbons (Fsp3) is 0.400. The highest BCUT2D eigenvalue weighted by atomic mass is 32.1. The largest absolute Gasteiger partial charge is 0.493 e. The molecule has 1 aliphatic rings. The first kappa shape index (κ1) is 33.0. The summed E-state index contributed by atoms with van der Waals surface area (Å²) in [5.41, 5.74) is 0.699. The number of hydrogen-bond donors (Lipinski definition) is 1. The second-order valence-corrected chi connectivity index (χ2v) is 11.2. The van der Waals surface area contributed by atoms with E-state index >= 15 is 0 Å². The van der Waals surface area contributed by atoms with Crippen molar-refractivity contribution in [3.63, 3.8) is 0 Å². The number of cyclic esters (lactones) is 2. The summed E-state index contributed by atoms with van der Waals surface area (Å²) in [6, 6.07) is 8.91. The Morgan fingerprint density at radius 2 is 1.84 bits per heavy atom. The Labute approximate surface area is 262 Å². The normalized spacial score (nSPS) is 20.1. The van der Waals surface area contributed by atoms with Crippen LogP contribution in [-0.2, 0) is 35.0 Å². The molecular formula is C30H32N4O10S. The zero-order valence-corrected chi connectivity index (χ0v) is 26.0. The highest BCUT2D eigenvalue weighted by Gasteiger charge is 2.42. The molecule has 0 radical (unpaired) electrons. The molecular weight excluding hydrogens is 608 g/mol. The highest BCUT2D eigenvalue weighted by molar-refractivity contribution is 7.07. The molecule has 3 aromatic rings. The molecule has 1 saturated heterocycles. The maximum absolute atomic E-state index is 13.5. The van der Waals surface area contributed by atoms with Gasteiger partial charge in [0.2, 0.25) is 5.75 Å². The lowest BCUT2D eigenvalue weighted by Gasteiger charge is -2.29. The number of nitrogens with zero attached hydrogens (tertiary/aromatic N) is 3. The predicted molar refractivity (Wildman–Crippen MR) is 157 cm³/mol. The Balaban J connectivity index is 1.60. The molecule has 4 rings (SSSR count). The molecule has 1 aliphatic heterocycles. The molecule has 15 heteroatoms. The highest BCUT2D eigenvalue weighted by Crippen LogP contribution is 2.31. The summed E-state index contributed by atoms with van der Waals surface area (Å²) < 4.78 is 31.2. The number of ether oxygens (including phenoxy) is 5. The molecule has 4 atom stereocenters.